The number of ether oxygens (including phenoxy) is 2. The molecule has 124 valence electrons. The topological polar surface area (TPSA) is 21.7 Å². The Balaban J connectivity index is 1.70. The Hall–Kier alpha value is -0.330. The number of alkyl halides is 3. The van der Waals surface area contributed by atoms with E-state index in [1.165, 1.54) is 0 Å². The van der Waals surface area contributed by atoms with Crippen LogP contribution >= 0.6 is 0 Å². The average Bonchev–Trinajstić information content (AvgIpc) is 2.93. The van der Waals surface area contributed by atoms with Gasteiger partial charge in [0.25, 0.3) is 0 Å². The molecule has 0 aromatic rings. The van der Waals surface area contributed by atoms with E-state index in [4.69, 9.17) is 4.74 Å². The predicted molar refractivity (Wildman–Crippen MR) is 73.9 cm³/mol. The molecule has 2 fully saturated rings. The average molecular weight is 309 g/mol. The molecule has 1 aliphatic heterocycles. The van der Waals surface area contributed by atoms with Gasteiger partial charge in [-0.3, -0.25) is 4.74 Å². The summed E-state index contributed by atoms with van der Waals surface area (Å²) in [7, 11) is 0. The zero-order valence-electron chi connectivity index (χ0n) is 13.1. The summed E-state index contributed by atoms with van der Waals surface area (Å²) >= 11 is 0. The van der Waals surface area contributed by atoms with E-state index >= 15 is 0 Å². The molecule has 0 bridgehead atoms. The van der Waals surface area contributed by atoms with E-state index in [0.717, 1.165) is 39.0 Å². The molecule has 2 aliphatic rings. The van der Waals surface area contributed by atoms with Crippen LogP contribution in [-0.2, 0) is 9.47 Å². The highest BCUT2D eigenvalue weighted by molar-refractivity contribution is 4.97. The molecule has 0 amide bonds. The Morgan fingerprint density at radius 1 is 1.14 bits per heavy atom. The molecule has 0 unspecified atom stereocenters. The van der Waals surface area contributed by atoms with E-state index in [9.17, 15) is 13.2 Å². The number of rotatable bonds is 6. The highest BCUT2D eigenvalue weighted by Crippen LogP contribution is 2.47. The van der Waals surface area contributed by atoms with Crippen molar-refractivity contribution in [2.75, 3.05) is 32.8 Å². The van der Waals surface area contributed by atoms with Crippen LogP contribution in [-0.4, -0.2) is 49.7 Å². The molecule has 21 heavy (non-hydrogen) atoms. The Morgan fingerprint density at radius 3 is 2.33 bits per heavy atom. The van der Waals surface area contributed by atoms with Gasteiger partial charge in [0, 0.05) is 18.5 Å². The van der Waals surface area contributed by atoms with E-state index in [0.29, 0.717) is 6.54 Å². The molecular weight excluding hydrogens is 283 g/mol. The number of nitrogens with zero attached hydrogens (tertiary/aromatic N) is 1. The minimum atomic E-state index is -4.51. The fourth-order valence-corrected chi connectivity index (χ4v) is 2.77. The lowest BCUT2D eigenvalue weighted by molar-refractivity contribution is -0.328. The minimum absolute atomic E-state index is 0.00837. The number of halogens is 3. The van der Waals surface area contributed by atoms with Crippen molar-refractivity contribution < 1.29 is 22.6 Å². The molecule has 1 aliphatic carbocycles. The molecule has 1 atom stereocenters. The third kappa shape index (κ3) is 6.12. The third-order valence-corrected chi connectivity index (χ3v) is 4.18. The molecule has 1 saturated heterocycles. The fraction of sp³-hybridized carbons (Fsp3) is 1.00. The van der Waals surface area contributed by atoms with Crippen LogP contribution in [0.4, 0.5) is 13.2 Å². The van der Waals surface area contributed by atoms with Crippen molar-refractivity contribution in [3.05, 3.63) is 0 Å². The normalized spacial score (nSPS) is 26.3. The Labute approximate surface area is 124 Å². The first-order valence-electron chi connectivity index (χ1n) is 7.64. The van der Waals surface area contributed by atoms with E-state index < -0.39 is 6.36 Å². The summed E-state index contributed by atoms with van der Waals surface area (Å²) in [5.41, 5.74) is 0.0940. The van der Waals surface area contributed by atoms with Crippen LogP contribution in [0.2, 0.25) is 0 Å². The zero-order valence-corrected chi connectivity index (χ0v) is 13.1. The molecule has 0 N–H and O–H groups in total. The van der Waals surface area contributed by atoms with Crippen molar-refractivity contribution in [1.82, 2.24) is 4.90 Å². The van der Waals surface area contributed by atoms with Gasteiger partial charge in [-0.15, -0.1) is 13.2 Å². The van der Waals surface area contributed by atoms with Crippen molar-refractivity contribution in [1.29, 1.82) is 0 Å². The molecule has 3 nitrogen and oxygen atoms in total. The van der Waals surface area contributed by atoms with Gasteiger partial charge >= 0.3 is 6.36 Å². The van der Waals surface area contributed by atoms with Crippen molar-refractivity contribution in [3.63, 3.8) is 0 Å². The molecule has 6 heteroatoms. The summed E-state index contributed by atoms with van der Waals surface area (Å²) in [5, 5.41) is 0. The summed E-state index contributed by atoms with van der Waals surface area (Å²) in [6, 6.07) is 0. The third-order valence-electron chi connectivity index (χ3n) is 4.18. The summed E-state index contributed by atoms with van der Waals surface area (Å²) in [6.45, 7) is 9.17. The van der Waals surface area contributed by atoms with Crippen molar-refractivity contribution in [3.8, 4) is 0 Å². The predicted octanol–water partition coefficient (Wildman–Crippen LogP) is 3.44. The minimum Gasteiger partial charge on any atom is -0.375 e. The summed E-state index contributed by atoms with van der Waals surface area (Å²) < 4.78 is 46.0. The van der Waals surface area contributed by atoms with Crippen LogP contribution in [0, 0.1) is 11.3 Å². The van der Waals surface area contributed by atoms with Crippen LogP contribution < -0.4 is 0 Å². The Kier molecular flexibility index (Phi) is 4.90. The van der Waals surface area contributed by atoms with Gasteiger partial charge in [-0.05, 0) is 52.5 Å². The second-order valence-electron chi connectivity index (χ2n) is 7.55. The van der Waals surface area contributed by atoms with Gasteiger partial charge in [-0.2, -0.15) is 0 Å². The first-order chi connectivity index (χ1) is 9.57. The first kappa shape index (κ1) is 17.0. The molecule has 2 rings (SSSR count). The second-order valence-corrected chi connectivity index (χ2v) is 7.55. The zero-order chi connectivity index (χ0) is 15.7. The Morgan fingerprint density at radius 2 is 1.81 bits per heavy atom. The van der Waals surface area contributed by atoms with Gasteiger partial charge in [0.1, 0.15) is 0 Å². The van der Waals surface area contributed by atoms with Crippen molar-refractivity contribution in [2.45, 2.75) is 52.0 Å². The van der Waals surface area contributed by atoms with Crippen molar-refractivity contribution in [2.24, 2.45) is 11.3 Å². The van der Waals surface area contributed by atoms with Gasteiger partial charge in [-0.25, -0.2) is 0 Å². The molecular formula is C15H26F3NO2. The van der Waals surface area contributed by atoms with Gasteiger partial charge in [0.15, 0.2) is 0 Å². The van der Waals surface area contributed by atoms with E-state index in [-0.39, 0.29) is 23.5 Å². The molecule has 0 spiro atoms. The smallest absolute Gasteiger partial charge is 0.375 e. The van der Waals surface area contributed by atoms with Gasteiger partial charge in [0.05, 0.1) is 18.8 Å². The second kappa shape index (κ2) is 6.05. The van der Waals surface area contributed by atoms with Crippen molar-refractivity contribution >= 4 is 0 Å². The monoisotopic (exact) mass is 309 g/mol. The van der Waals surface area contributed by atoms with Crippen LogP contribution in [0.15, 0.2) is 0 Å². The van der Waals surface area contributed by atoms with Crippen LogP contribution in [0.5, 0.6) is 0 Å². The lowest BCUT2D eigenvalue weighted by atomic mass is 10.1. The number of hydrogen-bond donors (Lipinski definition) is 0. The molecule has 0 aromatic heterocycles. The van der Waals surface area contributed by atoms with E-state index in [1.807, 2.05) is 20.8 Å². The highest BCUT2D eigenvalue weighted by Gasteiger charge is 2.46. The fourth-order valence-electron chi connectivity index (χ4n) is 2.77. The SMILES string of the molecule is CC(C)(C)OCC1(CN2CC[C@H](COC(F)(F)F)C2)CC1. The number of likely N-dealkylation sites (tertiary alicyclic amines) is 1. The van der Waals surface area contributed by atoms with Crippen LogP contribution in [0.3, 0.4) is 0 Å². The van der Waals surface area contributed by atoms with Crippen LogP contribution in [0.1, 0.15) is 40.0 Å². The summed E-state index contributed by atoms with van der Waals surface area (Å²) in [6.07, 6.45) is -1.41. The molecule has 1 saturated carbocycles. The Bertz CT molecular complexity index is 348. The standard InChI is InChI=1S/C15H26F3NO2/c1-13(2,3)21-11-14(5-6-14)10-19-7-4-12(8-19)9-20-15(16,17)18/h12H,4-11H2,1-3H3/t12-/m0/s1. The van der Waals surface area contributed by atoms with Gasteiger partial charge in [-0.1, -0.05) is 0 Å². The molecule has 1 heterocycles. The number of hydrogen-bond acceptors (Lipinski definition) is 3. The summed E-state index contributed by atoms with van der Waals surface area (Å²) in [5.74, 6) is -0.00837. The quantitative estimate of drug-likeness (QED) is 0.750. The lowest BCUT2D eigenvalue weighted by Crippen LogP contribution is -2.34. The highest BCUT2D eigenvalue weighted by atomic mass is 19.4. The largest absolute Gasteiger partial charge is 0.522 e. The maximum atomic E-state index is 12.0. The maximum Gasteiger partial charge on any atom is 0.522 e. The first-order valence-corrected chi connectivity index (χ1v) is 7.64. The maximum absolute atomic E-state index is 12.0. The van der Waals surface area contributed by atoms with Gasteiger partial charge < -0.3 is 9.64 Å². The van der Waals surface area contributed by atoms with E-state index in [1.54, 1.807) is 0 Å². The molecule has 0 aromatic carbocycles. The van der Waals surface area contributed by atoms with Gasteiger partial charge in [0.2, 0.25) is 0 Å². The van der Waals surface area contributed by atoms with Crippen LogP contribution in [0.25, 0.3) is 0 Å². The lowest BCUT2D eigenvalue weighted by Gasteiger charge is -2.27. The summed E-state index contributed by atoms with van der Waals surface area (Å²) in [4.78, 5) is 2.27. The van der Waals surface area contributed by atoms with E-state index in [2.05, 4.69) is 9.64 Å². The molecule has 0 radical (unpaired) electrons.